The van der Waals surface area contributed by atoms with Crippen molar-refractivity contribution >= 4 is 11.9 Å². The maximum atomic E-state index is 12.1. The summed E-state index contributed by atoms with van der Waals surface area (Å²) >= 11 is 0. The summed E-state index contributed by atoms with van der Waals surface area (Å²) in [6.45, 7) is 2.12. The minimum atomic E-state index is -0.885. The van der Waals surface area contributed by atoms with Gasteiger partial charge < -0.3 is 9.64 Å². The van der Waals surface area contributed by atoms with E-state index in [1.54, 1.807) is 6.92 Å². The molecule has 1 fully saturated rings. The van der Waals surface area contributed by atoms with Gasteiger partial charge in [0.25, 0.3) is 0 Å². The first-order chi connectivity index (χ1) is 7.59. The summed E-state index contributed by atoms with van der Waals surface area (Å²) in [5, 5.41) is 9.03. The van der Waals surface area contributed by atoms with Crippen molar-refractivity contribution < 1.29 is 14.3 Å². The van der Waals surface area contributed by atoms with Crippen LogP contribution >= 0.6 is 0 Å². The zero-order chi connectivity index (χ0) is 12.2. The zero-order valence-electron chi connectivity index (χ0n) is 9.65. The van der Waals surface area contributed by atoms with Crippen LogP contribution in [0.3, 0.4) is 0 Å². The number of hydrogen-bond acceptors (Lipinski definition) is 4. The van der Waals surface area contributed by atoms with Crippen LogP contribution in [0.25, 0.3) is 0 Å². The molecule has 1 aliphatic carbocycles. The first-order valence-electron chi connectivity index (χ1n) is 5.37. The maximum absolute atomic E-state index is 12.1. The lowest BCUT2D eigenvalue weighted by atomic mass is 9.69. The summed E-state index contributed by atoms with van der Waals surface area (Å²) < 4.78 is 4.51. The maximum Gasteiger partial charge on any atom is 0.325 e. The fourth-order valence-corrected chi connectivity index (χ4v) is 1.75. The average Bonchev–Trinajstić information content (AvgIpc) is 2.24. The molecule has 0 spiro atoms. The highest BCUT2D eigenvalue weighted by Crippen LogP contribution is 2.41. The van der Waals surface area contributed by atoms with E-state index in [9.17, 15) is 9.59 Å². The average molecular weight is 224 g/mol. The second-order valence-electron chi connectivity index (χ2n) is 3.94. The van der Waals surface area contributed by atoms with E-state index >= 15 is 0 Å². The summed E-state index contributed by atoms with van der Waals surface area (Å²) in [5.41, 5.74) is -0.885. The fraction of sp³-hybridized carbons (Fsp3) is 0.727. The Morgan fingerprint density at radius 1 is 1.50 bits per heavy atom. The SMILES string of the molecule is CCN(CC(=O)OC)C(=O)C1(C#N)CCC1. The number of nitrogens with zero attached hydrogens (tertiary/aromatic N) is 2. The summed E-state index contributed by atoms with van der Waals surface area (Å²) in [7, 11) is 1.28. The minimum absolute atomic E-state index is 0.0741. The molecule has 0 bridgehead atoms. The molecule has 0 aromatic rings. The molecule has 1 rings (SSSR count). The van der Waals surface area contributed by atoms with Crippen LogP contribution in [0.4, 0.5) is 0 Å². The summed E-state index contributed by atoms with van der Waals surface area (Å²) in [5.74, 6) is -0.697. The number of hydrogen-bond donors (Lipinski definition) is 0. The van der Waals surface area contributed by atoms with E-state index in [4.69, 9.17) is 5.26 Å². The Hall–Kier alpha value is -1.57. The van der Waals surface area contributed by atoms with E-state index in [2.05, 4.69) is 10.8 Å². The summed E-state index contributed by atoms with van der Waals surface area (Å²) in [6.07, 6.45) is 2.09. The van der Waals surface area contributed by atoms with Gasteiger partial charge in [-0.05, 0) is 26.2 Å². The quantitative estimate of drug-likeness (QED) is 0.659. The van der Waals surface area contributed by atoms with Crippen molar-refractivity contribution in [2.45, 2.75) is 26.2 Å². The number of nitriles is 1. The summed E-state index contributed by atoms with van der Waals surface area (Å²) in [6, 6.07) is 2.08. The monoisotopic (exact) mass is 224 g/mol. The largest absolute Gasteiger partial charge is 0.468 e. The zero-order valence-corrected chi connectivity index (χ0v) is 9.65. The second-order valence-corrected chi connectivity index (χ2v) is 3.94. The van der Waals surface area contributed by atoms with E-state index < -0.39 is 11.4 Å². The third-order valence-electron chi connectivity index (χ3n) is 3.05. The molecule has 0 atom stereocenters. The van der Waals surface area contributed by atoms with Gasteiger partial charge in [-0.3, -0.25) is 9.59 Å². The van der Waals surface area contributed by atoms with Crippen LogP contribution in [0.1, 0.15) is 26.2 Å². The molecule has 5 heteroatoms. The van der Waals surface area contributed by atoms with Crippen LogP contribution in [-0.4, -0.2) is 37.0 Å². The summed E-state index contributed by atoms with van der Waals surface area (Å²) in [4.78, 5) is 24.5. The number of rotatable bonds is 4. The molecule has 88 valence electrons. The van der Waals surface area contributed by atoms with Crippen molar-refractivity contribution in [3.8, 4) is 6.07 Å². The van der Waals surface area contributed by atoms with Crippen LogP contribution in [0.2, 0.25) is 0 Å². The van der Waals surface area contributed by atoms with Gasteiger partial charge >= 0.3 is 5.97 Å². The Morgan fingerprint density at radius 3 is 2.44 bits per heavy atom. The number of carbonyl (C=O) groups is 2. The molecule has 5 nitrogen and oxygen atoms in total. The number of amides is 1. The third-order valence-corrected chi connectivity index (χ3v) is 3.05. The first kappa shape index (κ1) is 12.5. The molecular formula is C11H16N2O3. The van der Waals surface area contributed by atoms with Crippen molar-refractivity contribution in [3.05, 3.63) is 0 Å². The van der Waals surface area contributed by atoms with Gasteiger partial charge in [0.1, 0.15) is 12.0 Å². The van der Waals surface area contributed by atoms with Gasteiger partial charge in [-0.25, -0.2) is 0 Å². The lowest BCUT2D eigenvalue weighted by Gasteiger charge is -2.37. The van der Waals surface area contributed by atoms with Gasteiger partial charge in [-0.1, -0.05) is 0 Å². The van der Waals surface area contributed by atoms with Gasteiger partial charge in [0.05, 0.1) is 13.2 Å². The number of carbonyl (C=O) groups excluding carboxylic acids is 2. The van der Waals surface area contributed by atoms with Gasteiger partial charge in [0.2, 0.25) is 5.91 Å². The predicted octanol–water partition coefficient (Wildman–Crippen LogP) is 0.702. The van der Waals surface area contributed by atoms with Crippen LogP contribution in [0.5, 0.6) is 0 Å². The lowest BCUT2D eigenvalue weighted by Crippen LogP contribution is -2.48. The lowest BCUT2D eigenvalue weighted by molar-refractivity contribution is -0.151. The van der Waals surface area contributed by atoms with Crippen molar-refractivity contribution in [1.82, 2.24) is 4.90 Å². The molecular weight excluding hydrogens is 208 g/mol. The number of likely N-dealkylation sites (N-methyl/N-ethyl adjacent to an activating group) is 1. The standard InChI is InChI=1S/C11H16N2O3/c1-3-13(7-9(14)16-2)10(15)11(8-12)5-4-6-11/h3-7H2,1-2H3. The van der Waals surface area contributed by atoms with Crippen molar-refractivity contribution in [2.75, 3.05) is 20.2 Å². The molecule has 0 aromatic carbocycles. The van der Waals surface area contributed by atoms with Crippen molar-refractivity contribution in [3.63, 3.8) is 0 Å². The fourth-order valence-electron chi connectivity index (χ4n) is 1.75. The molecule has 0 saturated heterocycles. The Kier molecular flexibility index (Phi) is 3.88. The van der Waals surface area contributed by atoms with Gasteiger partial charge in [0.15, 0.2) is 0 Å². The van der Waals surface area contributed by atoms with Gasteiger partial charge in [-0.2, -0.15) is 5.26 Å². The van der Waals surface area contributed by atoms with E-state index in [1.807, 2.05) is 0 Å². The van der Waals surface area contributed by atoms with Crippen molar-refractivity contribution in [1.29, 1.82) is 5.26 Å². The van der Waals surface area contributed by atoms with Crippen LogP contribution < -0.4 is 0 Å². The van der Waals surface area contributed by atoms with E-state index in [-0.39, 0.29) is 12.5 Å². The molecule has 0 heterocycles. The molecule has 0 radical (unpaired) electrons. The Balaban J connectivity index is 2.70. The van der Waals surface area contributed by atoms with Crippen molar-refractivity contribution in [2.24, 2.45) is 5.41 Å². The first-order valence-corrected chi connectivity index (χ1v) is 5.37. The molecule has 0 aromatic heterocycles. The molecule has 1 amide bonds. The Morgan fingerprint density at radius 2 is 2.12 bits per heavy atom. The minimum Gasteiger partial charge on any atom is -0.468 e. The topological polar surface area (TPSA) is 70.4 Å². The Labute approximate surface area is 95.0 Å². The van der Waals surface area contributed by atoms with E-state index in [1.165, 1.54) is 12.0 Å². The Bertz CT molecular complexity index is 329. The molecule has 1 aliphatic rings. The third kappa shape index (κ3) is 2.16. The van der Waals surface area contributed by atoms with Gasteiger partial charge in [0, 0.05) is 6.54 Å². The molecule has 0 N–H and O–H groups in total. The highest BCUT2D eigenvalue weighted by molar-refractivity contribution is 5.89. The van der Waals surface area contributed by atoms with Crippen LogP contribution in [0, 0.1) is 16.7 Å². The molecule has 0 aliphatic heterocycles. The van der Waals surface area contributed by atoms with Crippen LogP contribution in [0.15, 0.2) is 0 Å². The van der Waals surface area contributed by atoms with E-state index in [0.717, 1.165) is 6.42 Å². The second kappa shape index (κ2) is 4.97. The highest BCUT2D eigenvalue weighted by atomic mass is 16.5. The molecule has 16 heavy (non-hydrogen) atoms. The van der Waals surface area contributed by atoms with E-state index in [0.29, 0.717) is 19.4 Å². The number of methoxy groups -OCH3 is 1. The predicted molar refractivity (Wildman–Crippen MR) is 56.2 cm³/mol. The number of ether oxygens (including phenoxy) is 1. The normalized spacial score (nSPS) is 16.8. The smallest absolute Gasteiger partial charge is 0.325 e. The molecule has 1 saturated carbocycles. The highest BCUT2D eigenvalue weighted by Gasteiger charge is 2.46. The van der Waals surface area contributed by atoms with Gasteiger partial charge in [-0.15, -0.1) is 0 Å². The van der Waals surface area contributed by atoms with Crippen LogP contribution in [-0.2, 0) is 14.3 Å². The molecule has 0 unspecified atom stereocenters. The number of esters is 1.